The Bertz CT molecular complexity index is 778. The third-order valence-corrected chi connectivity index (χ3v) is 5.12. The molecule has 3 saturated heterocycles. The minimum absolute atomic E-state index is 0.0642. The van der Waals surface area contributed by atoms with Crippen molar-refractivity contribution in [1.29, 1.82) is 0 Å². The van der Waals surface area contributed by atoms with Crippen LogP contribution in [0.15, 0.2) is 0 Å². The van der Waals surface area contributed by atoms with Crippen molar-refractivity contribution < 1.29 is 57.1 Å². The van der Waals surface area contributed by atoms with Crippen molar-refractivity contribution in [2.45, 2.75) is 70.4 Å². The summed E-state index contributed by atoms with van der Waals surface area (Å²) >= 11 is 0. The van der Waals surface area contributed by atoms with Crippen LogP contribution in [-0.4, -0.2) is 79.4 Å². The van der Waals surface area contributed by atoms with Crippen molar-refractivity contribution in [3.8, 4) is 0 Å². The maximum absolute atomic E-state index is 12.5. The Morgan fingerprint density at radius 1 is 0.935 bits per heavy atom. The van der Waals surface area contributed by atoms with Crippen molar-refractivity contribution in [2.75, 3.05) is 13.2 Å². The van der Waals surface area contributed by atoms with E-state index in [9.17, 15) is 24.0 Å². The minimum atomic E-state index is -1.91. The van der Waals surface area contributed by atoms with Crippen molar-refractivity contribution in [3.05, 3.63) is 0 Å². The van der Waals surface area contributed by atoms with E-state index in [0.29, 0.717) is 0 Å². The lowest BCUT2D eigenvalue weighted by Gasteiger charge is -2.52. The van der Waals surface area contributed by atoms with Crippen LogP contribution in [0.3, 0.4) is 0 Å². The van der Waals surface area contributed by atoms with Crippen LogP contribution in [0.5, 0.6) is 0 Å². The maximum atomic E-state index is 12.5. The molecule has 172 valence electrons. The molecule has 7 atom stereocenters. The third-order valence-electron chi connectivity index (χ3n) is 5.12. The number of hydrogen-bond donors (Lipinski definition) is 0. The molecule has 0 aromatic heterocycles. The number of fused-ring (bicyclic) bond motifs is 3. The highest BCUT2D eigenvalue weighted by atomic mass is 16.8. The standard InChI is InChI=1S/C19H24O12/c1-8(20)25-7-14-15(27-9(2)21)16(28-10(3)22)17(29-11(4)23)19(31-14)13-5-12(6-26-19)30-18(13)24/h12-17H,5-7H2,1-4H3/t12?,13-,14-,15-,16+,17-,19-/m1/s1. The second-order valence-corrected chi connectivity index (χ2v) is 7.52. The Labute approximate surface area is 177 Å². The van der Waals surface area contributed by atoms with Crippen molar-refractivity contribution >= 4 is 29.8 Å². The molecule has 3 aliphatic rings. The second-order valence-electron chi connectivity index (χ2n) is 7.52. The van der Waals surface area contributed by atoms with Crippen molar-refractivity contribution in [1.82, 2.24) is 0 Å². The molecule has 1 unspecified atom stereocenters. The summed E-state index contributed by atoms with van der Waals surface area (Å²) in [4.78, 5) is 59.5. The zero-order chi connectivity index (χ0) is 22.9. The summed E-state index contributed by atoms with van der Waals surface area (Å²) in [6.45, 7) is 4.04. The fraction of sp³-hybridized carbons (Fsp3) is 0.737. The Hall–Kier alpha value is -2.73. The molecule has 0 amide bonds. The van der Waals surface area contributed by atoms with Gasteiger partial charge in [0.2, 0.25) is 5.79 Å². The summed E-state index contributed by atoms with van der Waals surface area (Å²) in [7, 11) is 0. The van der Waals surface area contributed by atoms with Crippen LogP contribution in [0.25, 0.3) is 0 Å². The first-order valence-electron chi connectivity index (χ1n) is 9.70. The van der Waals surface area contributed by atoms with Gasteiger partial charge in [0, 0.05) is 34.1 Å². The highest BCUT2D eigenvalue weighted by Gasteiger charge is 2.69. The molecule has 1 spiro atoms. The summed E-state index contributed by atoms with van der Waals surface area (Å²) in [5.41, 5.74) is 0. The highest BCUT2D eigenvalue weighted by molar-refractivity contribution is 5.77. The number of carbonyl (C=O) groups is 5. The number of rotatable bonds is 5. The molecule has 0 saturated carbocycles. The van der Waals surface area contributed by atoms with Gasteiger partial charge < -0.3 is 33.2 Å². The predicted octanol–water partition coefficient (Wildman–Crippen LogP) is -0.598. The van der Waals surface area contributed by atoms with Crippen LogP contribution in [-0.2, 0) is 57.1 Å². The molecule has 3 fully saturated rings. The number of hydrogen-bond acceptors (Lipinski definition) is 12. The topological polar surface area (TPSA) is 150 Å². The molecule has 0 aromatic carbocycles. The lowest BCUT2D eigenvalue weighted by Crippen LogP contribution is -2.72. The van der Waals surface area contributed by atoms with Gasteiger partial charge in [-0.2, -0.15) is 0 Å². The van der Waals surface area contributed by atoms with Gasteiger partial charge in [-0.15, -0.1) is 0 Å². The van der Waals surface area contributed by atoms with E-state index in [1.165, 1.54) is 6.92 Å². The van der Waals surface area contributed by atoms with Gasteiger partial charge in [0.15, 0.2) is 18.3 Å². The molecule has 0 aromatic rings. The molecule has 12 nitrogen and oxygen atoms in total. The zero-order valence-corrected chi connectivity index (χ0v) is 17.5. The van der Waals surface area contributed by atoms with Gasteiger partial charge in [-0.1, -0.05) is 0 Å². The molecule has 3 rings (SSSR count). The van der Waals surface area contributed by atoms with E-state index < -0.39 is 78.7 Å². The third kappa shape index (κ3) is 4.64. The second kappa shape index (κ2) is 8.79. The summed E-state index contributed by atoms with van der Waals surface area (Å²) in [6.07, 6.45) is -5.70. The molecule has 31 heavy (non-hydrogen) atoms. The maximum Gasteiger partial charge on any atom is 0.315 e. The molecule has 2 bridgehead atoms. The minimum Gasteiger partial charge on any atom is -0.463 e. The van der Waals surface area contributed by atoms with Crippen LogP contribution in [0, 0.1) is 5.92 Å². The fourth-order valence-corrected chi connectivity index (χ4v) is 4.10. The van der Waals surface area contributed by atoms with Crippen molar-refractivity contribution in [3.63, 3.8) is 0 Å². The first kappa shape index (κ1) is 22.9. The van der Waals surface area contributed by atoms with Crippen LogP contribution in [0.2, 0.25) is 0 Å². The van der Waals surface area contributed by atoms with E-state index in [0.717, 1.165) is 20.8 Å². The van der Waals surface area contributed by atoms with Crippen LogP contribution in [0.1, 0.15) is 34.1 Å². The molecule has 0 aliphatic carbocycles. The van der Waals surface area contributed by atoms with Crippen molar-refractivity contribution in [2.24, 2.45) is 5.92 Å². The lowest BCUT2D eigenvalue weighted by molar-refractivity contribution is -0.385. The van der Waals surface area contributed by atoms with Crippen LogP contribution in [0.4, 0.5) is 0 Å². The number of ether oxygens (including phenoxy) is 7. The van der Waals surface area contributed by atoms with E-state index in [-0.39, 0.29) is 13.0 Å². The van der Waals surface area contributed by atoms with Gasteiger partial charge in [-0.3, -0.25) is 24.0 Å². The molecular weight excluding hydrogens is 420 g/mol. The smallest absolute Gasteiger partial charge is 0.315 e. The van der Waals surface area contributed by atoms with Gasteiger partial charge in [0.1, 0.15) is 24.7 Å². The monoisotopic (exact) mass is 444 g/mol. The molecule has 0 radical (unpaired) electrons. The van der Waals surface area contributed by atoms with Gasteiger partial charge in [0.05, 0.1) is 6.61 Å². The lowest BCUT2D eigenvalue weighted by atomic mass is 9.81. The molecule has 12 heteroatoms. The van der Waals surface area contributed by atoms with Crippen LogP contribution < -0.4 is 0 Å². The molecule has 0 N–H and O–H groups in total. The number of esters is 5. The summed E-state index contributed by atoms with van der Waals surface area (Å²) in [5, 5.41) is 0. The largest absolute Gasteiger partial charge is 0.463 e. The zero-order valence-electron chi connectivity index (χ0n) is 17.5. The van der Waals surface area contributed by atoms with E-state index in [4.69, 9.17) is 33.2 Å². The quantitative estimate of drug-likeness (QED) is 0.393. The van der Waals surface area contributed by atoms with Gasteiger partial charge in [0.25, 0.3) is 0 Å². The Morgan fingerprint density at radius 3 is 2.13 bits per heavy atom. The average molecular weight is 444 g/mol. The summed E-state index contributed by atoms with van der Waals surface area (Å²) < 4.78 is 38.3. The predicted molar refractivity (Wildman–Crippen MR) is 94.8 cm³/mol. The summed E-state index contributed by atoms with van der Waals surface area (Å²) in [5.74, 6) is -6.51. The van der Waals surface area contributed by atoms with E-state index in [1.54, 1.807) is 0 Å². The Kier molecular flexibility index (Phi) is 6.51. The van der Waals surface area contributed by atoms with Crippen LogP contribution >= 0.6 is 0 Å². The Balaban J connectivity index is 2.08. The normalized spacial score (nSPS) is 36.3. The SMILES string of the molecule is CC(=O)OC[C@H]1O[C@@]2(OCC3C[C@@H]2C(=O)O3)[C@H](OC(C)=O)[C@@H](OC(C)=O)[C@@H]1OC(C)=O. The summed E-state index contributed by atoms with van der Waals surface area (Å²) in [6, 6.07) is 0. The van der Waals surface area contributed by atoms with Gasteiger partial charge >= 0.3 is 29.8 Å². The van der Waals surface area contributed by atoms with E-state index >= 15 is 0 Å². The first-order chi connectivity index (χ1) is 14.5. The van der Waals surface area contributed by atoms with Gasteiger partial charge in [-0.25, -0.2) is 0 Å². The molecule has 3 heterocycles. The highest BCUT2D eigenvalue weighted by Crippen LogP contribution is 2.48. The number of carbonyl (C=O) groups excluding carboxylic acids is 5. The first-order valence-corrected chi connectivity index (χ1v) is 9.70. The van der Waals surface area contributed by atoms with E-state index in [2.05, 4.69) is 0 Å². The van der Waals surface area contributed by atoms with Gasteiger partial charge in [-0.05, 0) is 0 Å². The van der Waals surface area contributed by atoms with E-state index in [1.807, 2.05) is 0 Å². The molecular formula is C19H24O12. The Morgan fingerprint density at radius 2 is 1.55 bits per heavy atom. The average Bonchev–Trinajstić information content (AvgIpc) is 2.97. The fourth-order valence-electron chi connectivity index (χ4n) is 4.10. The molecule has 3 aliphatic heterocycles.